The predicted molar refractivity (Wildman–Crippen MR) is 42.3 cm³/mol. The van der Waals surface area contributed by atoms with Crippen molar-refractivity contribution >= 4 is 25.9 Å². The molecule has 5 heteroatoms. The van der Waals surface area contributed by atoms with Crippen LogP contribution < -0.4 is 0 Å². The standard InChI is InChI=1S/C5H10ClNO2S/c1-5(2,3)10(8,9)4(6)7/h7H,1-3H3. The first kappa shape index (κ1) is 9.91. The van der Waals surface area contributed by atoms with Gasteiger partial charge in [-0.25, -0.2) is 8.42 Å². The minimum absolute atomic E-state index is 0.792. The number of nitrogens with one attached hydrogen (secondary N) is 1. The molecule has 0 amide bonds. The zero-order valence-electron chi connectivity index (χ0n) is 6.10. The van der Waals surface area contributed by atoms with Crippen LogP contribution in [0, 0.1) is 5.41 Å². The van der Waals surface area contributed by atoms with E-state index in [2.05, 4.69) is 0 Å². The molecule has 0 aromatic carbocycles. The van der Waals surface area contributed by atoms with Crippen LogP contribution in [0.2, 0.25) is 0 Å². The molecule has 0 unspecified atom stereocenters. The quantitative estimate of drug-likeness (QED) is 0.456. The highest BCUT2D eigenvalue weighted by atomic mass is 35.5. The van der Waals surface area contributed by atoms with E-state index in [9.17, 15) is 8.42 Å². The fraction of sp³-hybridized carbons (Fsp3) is 0.800. The maximum absolute atomic E-state index is 11.0. The first-order valence-corrected chi connectivity index (χ1v) is 4.54. The maximum Gasteiger partial charge on any atom is 0.215 e. The van der Waals surface area contributed by atoms with Gasteiger partial charge in [0, 0.05) is 0 Å². The van der Waals surface area contributed by atoms with E-state index in [1.54, 1.807) is 0 Å². The molecule has 0 fully saturated rings. The Morgan fingerprint density at radius 1 is 1.40 bits per heavy atom. The summed E-state index contributed by atoms with van der Waals surface area (Å²) in [5.41, 5.74) is 0. The molecule has 0 aromatic heterocycles. The van der Waals surface area contributed by atoms with Crippen LogP contribution in [0.25, 0.3) is 0 Å². The molecule has 0 radical (unpaired) electrons. The van der Waals surface area contributed by atoms with E-state index in [1.165, 1.54) is 20.8 Å². The molecule has 10 heavy (non-hydrogen) atoms. The van der Waals surface area contributed by atoms with Crippen molar-refractivity contribution in [1.29, 1.82) is 5.41 Å². The molecule has 0 heterocycles. The number of hydrogen-bond donors (Lipinski definition) is 1. The summed E-state index contributed by atoms with van der Waals surface area (Å²) < 4.78 is 20.2. The molecule has 0 aliphatic rings. The SMILES string of the molecule is CC(C)(C)S(=O)(=O)C(=N)Cl. The van der Waals surface area contributed by atoms with E-state index in [0.29, 0.717) is 0 Å². The summed E-state index contributed by atoms with van der Waals surface area (Å²) in [6.07, 6.45) is 0. The van der Waals surface area contributed by atoms with Gasteiger partial charge in [0.1, 0.15) is 0 Å². The van der Waals surface area contributed by atoms with Crippen LogP contribution in [0.1, 0.15) is 20.8 Å². The van der Waals surface area contributed by atoms with Crippen LogP contribution in [0.4, 0.5) is 0 Å². The lowest BCUT2D eigenvalue weighted by molar-refractivity contribution is 0.573. The Balaban J connectivity index is 4.98. The van der Waals surface area contributed by atoms with E-state index in [-0.39, 0.29) is 0 Å². The van der Waals surface area contributed by atoms with Gasteiger partial charge in [-0.15, -0.1) is 0 Å². The normalized spacial score (nSPS) is 13.2. The minimum atomic E-state index is -3.57. The third-order valence-electron chi connectivity index (χ3n) is 1.04. The van der Waals surface area contributed by atoms with Gasteiger partial charge in [0.05, 0.1) is 4.75 Å². The summed E-state index contributed by atoms with van der Waals surface area (Å²) in [4.78, 5) is 0. The van der Waals surface area contributed by atoms with Crippen molar-refractivity contribution in [1.82, 2.24) is 0 Å². The van der Waals surface area contributed by atoms with Crippen LogP contribution in [0.5, 0.6) is 0 Å². The van der Waals surface area contributed by atoms with Crippen LogP contribution in [0.15, 0.2) is 0 Å². The van der Waals surface area contributed by atoms with Gasteiger partial charge in [0.25, 0.3) is 0 Å². The Bertz CT molecular complexity index is 237. The highest BCUT2D eigenvalue weighted by Crippen LogP contribution is 2.17. The Morgan fingerprint density at radius 3 is 1.70 bits per heavy atom. The summed E-state index contributed by atoms with van der Waals surface area (Å²) in [6.45, 7) is 4.50. The molecular formula is C5H10ClNO2S. The average molecular weight is 184 g/mol. The molecular weight excluding hydrogens is 174 g/mol. The second kappa shape index (κ2) is 2.51. The summed E-state index contributed by atoms with van der Waals surface area (Å²) in [5.74, 6) is 0. The lowest BCUT2D eigenvalue weighted by atomic mass is 10.3. The van der Waals surface area contributed by atoms with Crippen molar-refractivity contribution in [2.45, 2.75) is 25.5 Å². The predicted octanol–water partition coefficient (Wildman–Crippen LogP) is 1.37. The van der Waals surface area contributed by atoms with Gasteiger partial charge >= 0.3 is 0 Å². The largest absolute Gasteiger partial charge is 0.279 e. The van der Waals surface area contributed by atoms with E-state index in [0.717, 1.165) is 0 Å². The first-order chi connectivity index (χ1) is 4.19. The van der Waals surface area contributed by atoms with Gasteiger partial charge in [0.15, 0.2) is 0 Å². The number of hydrogen-bond acceptors (Lipinski definition) is 3. The maximum atomic E-state index is 11.0. The molecule has 0 spiro atoms. The van der Waals surface area contributed by atoms with E-state index in [4.69, 9.17) is 17.0 Å². The Morgan fingerprint density at radius 2 is 1.70 bits per heavy atom. The molecule has 60 valence electrons. The van der Waals surface area contributed by atoms with E-state index >= 15 is 0 Å². The van der Waals surface area contributed by atoms with Crippen LogP contribution in [-0.4, -0.2) is 17.7 Å². The average Bonchev–Trinajstić information content (AvgIpc) is 1.62. The van der Waals surface area contributed by atoms with Gasteiger partial charge < -0.3 is 0 Å². The zero-order valence-corrected chi connectivity index (χ0v) is 7.68. The molecule has 0 aliphatic heterocycles. The molecule has 0 bridgehead atoms. The Hall–Kier alpha value is -0.0900. The third-order valence-corrected chi connectivity index (χ3v) is 3.74. The molecule has 0 atom stereocenters. The smallest absolute Gasteiger partial charge is 0.215 e. The lowest BCUT2D eigenvalue weighted by Crippen LogP contribution is -2.31. The van der Waals surface area contributed by atoms with Crippen molar-refractivity contribution in [2.75, 3.05) is 0 Å². The first-order valence-electron chi connectivity index (χ1n) is 2.68. The van der Waals surface area contributed by atoms with Gasteiger partial charge in [-0.1, -0.05) is 11.6 Å². The summed E-state index contributed by atoms with van der Waals surface area (Å²) in [6, 6.07) is 0. The third kappa shape index (κ3) is 1.70. The molecule has 3 nitrogen and oxygen atoms in total. The highest BCUT2D eigenvalue weighted by Gasteiger charge is 2.32. The topological polar surface area (TPSA) is 58.0 Å². The summed E-state index contributed by atoms with van der Waals surface area (Å²) >= 11 is 5.05. The number of sulfone groups is 1. The fourth-order valence-electron chi connectivity index (χ4n) is 0.269. The van der Waals surface area contributed by atoms with Gasteiger partial charge in [-0.05, 0) is 20.8 Å². The van der Waals surface area contributed by atoms with Crippen LogP contribution in [0.3, 0.4) is 0 Å². The molecule has 0 saturated carbocycles. The van der Waals surface area contributed by atoms with Crippen LogP contribution >= 0.6 is 11.6 Å². The van der Waals surface area contributed by atoms with E-state index < -0.39 is 19.1 Å². The molecule has 0 saturated heterocycles. The van der Waals surface area contributed by atoms with Crippen LogP contribution in [-0.2, 0) is 9.84 Å². The van der Waals surface area contributed by atoms with Gasteiger partial charge in [0.2, 0.25) is 14.3 Å². The second-order valence-electron chi connectivity index (χ2n) is 2.89. The Kier molecular flexibility index (Phi) is 2.49. The summed E-state index contributed by atoms with van der Waals surface area (Å²) in [7, 11) is -3.57. The number of halogens is 1. The molecule has 0 rings (SSSR count). The number of rotatable bonds is 0. The minimum Gasteiger partial charge on any atom is -0.279 e. The zero-order chi connectivity index (χ0) is 8.58. The van der Waals surface area contributed by atoms with Crippen molar-refractivity contribution in [3.05, 3.63) is 0 Å². The highest BCUT2D eigenvalue weighted by molar-refractivity contribution is 8.10. The van der Waals surface area contributed by atoms with E-state index in [1.807, 2.05) is 0 Å². The Labute approximate surface area is 65.8 Å². The molecule has 0 aromatic rings. The molecule has 1 N–H and O–H groups in total. The lowest BCUT2D eigenvalue weighted by Gasteiger charge is -2.16. The van der Waals surface area contributed by atoms with Crippen molar-refractivity contribution in [3.63, 3.8) is 0 Å². The van der Waals surface area contributed by atoms with Crippen molar-refractivity contribution < 1.29 is 8.42 Å². The molecule has 0 aliphatic carbocycles. The van der Waals surface area contributed by atoms with Crippen molar-refractivity contribution in [2.24, 2.45) is 0 Å². The fourth-order valence-corrected chi connectivity index (χ4v) is 1.50. The summed E-state index contributed by atoms with van der Waals surface area (Å²) in [5, 5.41) is 6.73. The van der Waals surface area contributed by atoms with Crippen molar-refractivity contribution in [3.8, 4) is 0 Å². The van der Waals surface area contributed by atoms with Gasteiger partial charge in [-0.2, -0.15) is 0 Å². The second-order valence-corrected chi connectivity index (χ2v) is 6.13. The monoisotopic (exact) mass is 183 g/mol. The van der Waals surface area contributed by atoms with Gasteiger partial charge in [-0.3, -0.25) is 5.41 Å².